The summed E-state index contributed by atoms with van der Waals surface area (Å²) in [5.74, 6) is 0. The first kappa shape index (κ1) is 7.38. The fourth-order valence-electron chi connectivity index (χ4n) is 1.78. The second kappa shape index (κ2) is 2.48. The molecule has 1 aliphatic rings. The standard InChI is InChI=1S/C11H8N2O/c14-10-4-3-9-11-8(5-6-12-9)2-1-7-13(10)11/h1-7,12H. The smallest absolute Gasteiger partial charge is 0.255 e. The summed E-state index contributed by atoms with van der Waals surface area (Å²) in [5, 5.41) is 3.11. The highest BCUT2D eigenvalue weighted by atomic mass is 16.1. The highest BCUT2D eigenvalue weighted by Gasteiger charge is 2.07. The monoisotopic (exact) mass is 184 g/mol. The lowest BCUT2D eigenvalue weighted by molar-refractivity contribution is 1.09. The molecule has 3 heteroatoms. The predicted molar refractivity (Wildman–Crippen MR) is 56.3 cm³/mol. The van der Waals surface area contributed by atoms with E-state index in [-0.39, 0.29) is 5.56 Å². The van der Waals surface area contributed by atoms with Gasteiger partial charge in [0.05, 0.1) is 11.2 Å². The molecule has 3 rings (SSSR count). The van der Waals surface area contributed by atoms with Gasteiger partial charge in [0.2, 0.25) is 0 Å². The molecule has 0 saturated carbocycles. The van der Waals surface area contributed by atoms with E-state index in [1.807, 2.05) is 30.5 Å². The third kappa shape index (κ3) is 0.836. The van der Waals surface area contributed by atoms with Crippen LogP contribution in [0.2, 0.25) is 0 Å². The Hall–Kier alpha value is -2.03. The van der Waals surface area contributed by atoms with Crippen LogP contribution in [0.1, 0.15) is 5.56 Å². The van der Waals surface area contributed by atoms with E-state index in [1.165, 1.54) is 0 Å². The zero-order valence-corrected chi connectivity index (χ0v) is 7.40. The fraction of sp³-hybridized carbons (Fsp3) is 0. The number of nitrogens with one attached hydrogen (secondary N) is 1. The summed E-state index contributed by atoms with van der Waals surface area (Å²) < 4.78 is 1.65. The van der Waals surface area contributed by atoms with Gasteiger partial charge in [-0.2, -0.15) is 0 Å². The second-order valence-corrected chi connectivity index (χ2v) is 3.25. The molecule has 0 bridgehead atoms. The summed E-state index contributed by atoms with van der Waals surface area (Å²) >= 11 is 0. The van der Waals surface area contributed by atoms with Gasteiger partial charge in [-0.3, -0.25) is 9.20 Å². The minimum Gasteiger partial charge on any atom is -0.360 e. The maximum absolute atomic E-state index is 11.5. The maximum atomic E-state index is 11.5. The Kier molecular flexibility index (Phi) is 1.31. The van der Waals surface area contributed by atoms with Gasteiger partial charge in [0.15, 0.2) is 0 Å². The van der Waals surface area contributed by atoms with Crippen molar-refractivity contribution in [1.29, 1.82) is 0 Å². The normalized spacial score (nSPS) is 12.9. The second-order valence-electron chi connectivity index (χ2n) is 3.25. The highest BCUT2D eigenvalue weighted by Crippen LogP contribution is 2.23. The molecule has 3 heterocycles. The minimum absolute atomic E-state index is 0.00250. The van der Waals surface area contributed by atoms with E-state index in [1.54, 1.807) is 16.7 Å². The molecule has 1 aliphatic heterocycles. The molecule has 0 unspecified atom stereocenters. The number of hydrogen-bond acceptors (Lipinski definition) is 2. The first-order valence-electron chi connectivity index (χ1n) is 4.44. The molecule has 0 aromatic carbocycles. The van der Waals surface area contributed by atoms with Crippen LogP contribution in [0, 0.1) is 0 Å². The van der Waals surface area contributed by atoms with E-state index in [0.717, 1.165) is 16.8 Å². The van der Waals surface area contributed by atoms with Crippen molar-refractivity contribution in [2.75, 3.05) is 5.32 Å². The summed E-state index contributed by atoms with van der Waals surface area (Å²) in [7, 11) is 0. The van der Waals surface area contributed by atoms with Gasteiger partial charge in [0.1, 0.15) is 0 Å². The summed E-state index contributed by atoms with van der Waals surface area (Å²) in [5.41, 5.74) is 2.99. The van der Waals surface area contributed by atoms with Crippen LogP contribution in [0.4, 0.5) is 5.69 Å². The quantitative estimate of drug-likeness (QED) is 0.676. The van der Waals surface area contributed by atoms with Crippen LogP contribution in [0.15, 0.2) is 41.5 Å². The number of aromatic nitrogens is 1. The Morgan fingerprint density at radius 2 is 2.14 bits per heavy atom. The number of hydrogen-bond donors (Lipinski definition) is 1. The highest BCUT2D eigenvalue weighted by molar-refractivity contribution is 5.86. The van der Waals surface area contributed by atoms with E-state index < -0.39 is 0 Å². The lowest BCUT2D eigenvalue weighted by atomic mass is 10.1. The average molecular weight is 184 g/mol. The van der Waals surface area contributed by atoms with Gasteiger partial charge in [-0.25, -0.2) is 0 Å². The molecule has 2 aromatic rings. The van der Waals surface area contributed by atoms with Gasteiger partial charge in [-0.15, -0.1) is 0 Å². The molecular weight excluding hydrogens is 176 g/mol. The van der Waals surface area contributed by atoms with Crippen molar-refractivity contribution in [2.24, 2.45) is 0 Å². The Bertz CT molecular complexity index is 596. The van der Waals surface area contributed by atoms with E-state index in [2.05, 4.69) is 5.32 Å². The van der Waals surface area contributed by atoms with E-state index in [9.17, 15) is 4.79 Å². The number of anilines is 1. The van der Waals surface area contributed by atoms with Crippen molar-refractivity contribution < 1.29 is 0 Å². The van der Waals surface area contributed by atoms with E-state index in [0.29, 0.717) is 0 Å². The fourth-order valence-corrected chi connectivity index (χ4v) is 1.78. The molecule has 1 N–H and O–H groups in total. The molecule has 68 valence electrons. The van der Waals surface area contributed by atoms with Crippen LogP contribution >= 0.6 is 0 Å². The van der Waals surface area contributed by atoms with Gasteiger partial charge >= 0.3 is 0 Å². The predicted octanol–water partition coefficient (Wildman–Crippen LogP) is 1.70. The van der Waals surface area contributed by atoms with E-state index in [4.69, 9.17) is 0 Å². The maximum Gasteiger partial charge on any atom is 0.255 e. The van der Waals surface area contributed by atoms with Crippen LogP contribution in [-0.2, 0) is 0 Å². The van der Waals surface area contributed by atoms with E-state index >= 15 is 0 Å². The third-order valence-electron chi connectivity index (χ3n) is 2.41. The van der Waals surface area contributed by atoms with Crippen molar-refractivity contribution in [1.82, 2.24) is 4.40 Å². The Morgan fingerprint density at radius 1 is 1.21 bits per heavy atom. The molecule has 0 saturated heterocycles. The molecule has 0 aliphatic carbocycles. The first-order valence-corrected chi connectivity index (χ1v) is 4.44. The van der Waals surface area contributed by atoms with Crippen molar-refractivity contribution in [3.8, 4) is 0 Å². The Labute approximate surface area is 80.3 Å². The summed E-state index contributed by atoms with van der Waals surface area (Å²) in [4.78, 5) is 11.5. The van der Waals surface area contributed by atoms with Crippen LogP contribution in [0.3, 0.4) is 0 Å². The topological polar surface area (TPSA) is 33.5 Å². The minimum atomic E-state index is 0.00250. The van der Waals surface area contributed by atoms with Crippen molar-refractivity contribution >= 4 is 17.3 Å². The van der Waals surface area contributed by atoms with Gasteiger partial charge in [0, 0.05) is 24.0 Å². The zero-order chi connectivity index (χ0) is 9.54. The molecule has 2 aromatic heterocycles. The molecule has 0 spiro atoms. The number of nitrogens with zero attached hydrogens (tertiary/aromatic N) is 1. The van der Waals surface area contributed by atoms with Gasteiger partial charge < -0.3 is 5.32 Å². The van der Waals surface area contributed by atoms with Crippen molar-refractivity contribution in [3.05, 3.63) is 52.6 Å². The van der Waals surface area contributed by atoms with Crippen molar-refractivity contribution in [2.45, 2.75) is 0 Å². The Balaban J connectivity index is 2.63. The third-order valence-corrected chi connectivity index (χ3v) is 2.41. The molecule has 0 radical (unpaired) electrons. The zero-order valence-electron chi connectivity index (χ0n) is 7.40. The largest absolute Gasteiger partial charge is 0.360 e. The van der Waals surface area contributed by atoms with Gasteiger partial charge in [-0.1, -0.05) is 6.07 Å². The van der Waals surface area contributed by atoms with Gasteiger partial charge in [-0.05, 0) is 18.2 Å². The Morgan fingerprint density at radius 3 is 3.07 bits per heavy atom. The summed E-state index contributed by atoms with van der Waals surface area (Å²) in [6.45, 7) is 0. The van der Waals surface area contributed by atoms with Gasteiger partial charge in [0.25, 0.3) is 5.56 Å². The molecule has 3 nitrogen and oxygen atoms in total. The first-order chi connectivity index (χ1) is 6.86. The van der Waals surface area contributed by atoms with Crippen LogP contribution in [0.25, 0.3) is 11.6 Å². The molecule has 0 fully saturated rings. The number of rotatable bonds is 0. The van der Waals surface area contributed by atoms with Crippen LogP contribution in [0.5, 0.6) is 0 Å². The molecule has 0 amide bonds. The van der Waals surface area contributed by atoms with Crippen LogP contribution in [-0.4, -0.2) is 4.40 Å². The number of pyridine rings is 2. The lowest BCUT2D eigenvalue weighted by Crippen LogP contribution is -2.14. The molecule has 0 atom stereocenters. The van der Waals surface area contributed by atoms with Crippen LogP contribution < -0.4 is 10.9 Å². The summed E-state index contributed by atoms with van der Waals surface area (Å²) in [6.07, 6.45) is 5.62. The molecular formula is C11H8N2O. The van der Waals surface area contributed by atoms with Crippen molar-refractivity contribution in [3.63, 3.8) is 0 Å². The summed E-state index contributed by atoms with van der Waals surface area (Å²) in [6, 6.07) is 7.25. The average Bonchev–Trinajstić information content (AvgIpc) is 2.24. The molecule has 14 heavy (non-hydrogen) atoms. The lowest BCUT2D eigenvalue weighted by Gasteiger charge is -2.13. The SMILES string of the molecule is O=c1ccc2c3c(cccn13)C=CN2.